The molecule has 2 nitrogen and oxygen atoms in total. The van der Waals surface area contributed by atoms with Crippen LogP contribution >= 0.6 is 12.2 Å². The van der Waals surface area contributed by atoms with Gasteiger partial charge in [-0.25, -0.2) is 0 Å². The van der Waals surface area contributed by atoms with Crippen molar-refractivity contribution >= 4 is 22.9 Å². The molecule has 3 rings (SSSR count). The molecule has 0 aliphatic carbocycles. The Morgan fingerprint density at radius 1 is 1.00 bits per heavy atom. The van der Waals surface area contributed by atoms with Crippen molar-refractivity contribution in [1.82, 2.24) is 0 Å². The summed E-state index contributed by atoms with van der Waals surface area (Å²) in [7, 11) is 0. The van der Waals surface area contributed by atoms with Gasteiger partial charge < -0.3 is 9.80 Å². The SMILES string of the molecule is CCC(=S)N(c1ccccc1)C1CC[NH+](CCc2ccccc2)CC1. The van der Waals surface area contributed by atoms with Crippen molar-refractivity contribution in [3.05, 3.63) is 66.2 Å². The van der Waals surface area contributed by atoms with Crippen molar-refractivity contribution in [2.24, 2.45) is 0 Å². The second kappa shape index (κ2) is 9.12. The van der Waals surface area contributed by atoms with Crippen LogP contribution in [0.3, 0.4) is 0 Å². The molecule has 1 aliphatic rings. The molecule has 0 bridgehead atoms. The predicted octanol–water partition coefficient (Wildman–Crippen LogP) is 3.52. The summed E-state index contributed by atoms with van der Waals surface area (Å²) in [6.07, 6.45) is 4.56. The van der Waals surface area contributed by atoms with Crippen LogP contribution in [0.1, 0.15) is 31.7 Å². The van der Waals surface area contributed by atoms with Crippen LogP contribution in [-0.4, -0.2) is 30.7 Å². The molecule has 1 heterocycles. The fourth-order valence-corrected chi connectivity index (χ4v) is 4.06. The molecule has 1 saturated heterocycles. The second-order valence-corrected chi connectivity index (χ2v) is 7.39. The first-order valence-electron chi connectivity index (χ1n) is 9.52. The van der Waals surface area contributed by atoms with Gasteiger partial charge >= 0.3 is 0 Å². The zero-order valence-electron chi connectivity index (χ0n) is 15.2. The van der Waals surface area contributed by atoms with Crippen molar-refractivity contribution in [3.63, 3.8) is 0 Å². The molecule has 0 unspecified atom stereocenters. The first-order chi connectivity index (χ1) is 12.3. The Labute approximate surface area is 157 Å². The second-order valence-electron chi connectivity index (χ2n) is 6.92. The minimum atomic E-state index is 0.551. The Hall–Kier alpha value is -1.71. The molecule has 1 N–H and O–H groups in total. The van der Waals surface area contributed by atoms with Crippen molar-refractivity contribution in [1.29, 1.82) is 0 Å². The molecule has 0 amide bonds. The van der Waals surface area contributed by atoms with Crippen LogP contribution in [0, 0.1) is 0 Å². The minimum absolute atomic E-state index is 0.551. The van der Waals surface area contributed by atoms with Crippen molar-refractivity contribution < 1.29 is 4.90 Å². The zero-order valence-corrected chi connectivity index (χ0v) is 16.0. The Kier molecular flexibility index (Phi) is 6.60. The number of nitrogens with one attached hydrogen (secondary N) is 1. The number of nitrogens with zero attached hydrogens (tertiary/aromatic N) is 1. The fourth-order valence-electron chi connectivity index (χ4n) is 3.80. The first kappa shape index (κ1) is 18.1. The molecule has 25 heavy (non-hydrogen) atoms. The largest absolute Gasteiger partial charge is 0.335 e. The zero-order chi connectivity index (χ0) is 17.5. The van der Waals surface area contributed by atoms with Crippen molar-refractivity contribution in [3.8, 4) is 0 Å². The van der Waals surface area contributed by atoms with Crippen LogP contribution in [0.4, 0.5) is 5.69 Å². The van der Waals surface area contributed by atoms with E-state index in [-0.39, 0.29) is 0 Å². The normalized spacial score (nSPS) is 20.2. The van der Waals surface area contributed by atoms with E-state index >= 15 is 0 Å². The van der Waals surface area contributed by atoms with Gasteiger partial charge in [0, 0.05) is 31.0 Å². The number of anilines is 1. The van der Waals surface area contributed by atoms with Gasteiger partial charge in [0.15, 0.2) is 0 Å². The molecule has 2 aromatic rings. The molecular weight excluding hydrogens is 324 g/mol. The number of quaternary nitrogens is 1. The summed E-state index contributed by atoms with van der Waals surface area (Å²) in [6, 6.07) is 22.1. The monoisotopic (exact) mass is 353 g/mol. The van der Waals surface area contributed by atoms with Gasteiger partial charge in [0.1, 0.15) is 0 Å². The summed E-state index contributed by atoms with van der Waals surface area (Å²) >= 11 is 5.70. The Morgan fingerprint density at radius 3 is 2.20 bits per heavy atom. The maximum absolute atomic E-state index is 5.70. The quantitative estimate of drug-likeness (QED) is 0.795. The molecule has 0 aromatic heterocycles. The molecule has 0 spiro atoms. The maximum atomic E-state index is 5.70. The molecule has 3 heteroatoms. The average molecular weight is 354 g/mol. The third-order valence-electron chi connectivity index (χ3n) is 5.24. The lowest BCUT2D eigenvalue weighted by molar-refractivity contribution is -0.904. The Morgan fingerprint density at radius 2 is 1.60 bits per heavy atom. The number of hydrogen-bond acceptors (Lipinski definition) is 1. The number of benzene rings is 2. The lowest BCUT2D eigenvalue weighted by Crippen LogP contribution is -3.13. The van der Waals surface area contributed by atoms with E-state index in [2.05, 4.69) is 72.5 Å². The fraction of sp³-hybridized carbons (Fsp3) is 0.409. The molecular formula is C22H29N2S+. The highest BCUT2D eigenvalue weighted by Gasteiger charge is 2.28. The number of piperidine rings is 1. The van der Waals surface area contributed by atoms with Gasteiger partial charge in [-0.05, 0) is 24.1 Å². The highest BCUT2D eigenvalue weighted by atomic mass is 32.1. The standard InChI is InChI=1S/C22H28N2S/c1-2-22(25)24(20-11-7-4-8-12-20)21-14-17-23(18-15-21)16-13-19-9-5-3-6-10-19/h3-12,21H,2,13-18H2,1H3/p+1. The number of para-hydroxylation sites is 1. The van der Waals surface area contributed by atoms with Crippen LogP contribution < -0.4 is 9.80 Å². The third kappa shape index (κ3) is 4.90. The van der Waals surface area contributed by atoms with E-state index in [9.17, 15) is 0 Å². The third-order valence-corrected chi connectivity index (χ3v) is 5.73. The summed E-state index contributed by atoms with van der Waals surface area (Å²) in [5.41, 5.74) is 2.71. The Bertz CT molecular complexity index is 648. The maximum Gasteiger partial charge on any atom is 0.0823 e. The Balaban J connectivity index is 1.57. The van der Waals surface area contributed by atoms with E-state index in [4.69, 9.17) is 12.2 Å². The molecule has 1 aliphatic heterocycles. The summed E-state index contributed by atoms with van der Waals surface area (Å²) in [4.78, 5) is 5.23. The van der Waals surface area contributed by atoms with E-state index in [0.717, 1.165) is 11.4 Å². The van der Waals surface area contributed by atoms with E-state index < -0.39 is 0 Å². The van der Waals surface area contributed by atoms with Gasteiger partial charge in [0.25, 0.3) is 0 Å². The van der Waals surface area contributed by atoms with Gasteiger partial charge in [-0.15, -0.1) is 0 Å². The predicted molar refractivity (Wildman–Crippen MR) is 111 cm³/mol. The van der Waals surface area contributed by atoms with Gasteiger partial charge in [-0.2, -0.15) is 0 Å². The van der Waals surface area contributed by atoms with Crippen molar-refractivity contribution in [2.45, 2.75) is 38.6 Å². The lowest BCUT2D eigenvalue weighted by Gasteiger charge is -2.38. The average Bonchev–Trinajstić information content (AvgIpc) is 2.69. The van der Waals surface area contributed by atoms with Gasteiger partial charge in [-0.3, -0.25) is 0 Å². The number of likely N-dealkylation sites (tertiary alicyclic amines) is 1. The summed E-state index contributed by atoms with van der Waals surface area (Å²) < 4.78 is 0. The number of hydrogen-bond donors (Lipinski definition) is 1. The highest BCUT2D eigenvalue weighted by Crippen LogP contribution is 2.22. The highest BCUT2D eigenvalue weighted by molar-refractivity contribution is 7.80. The molecule has 0 radical (unpaired) electrons. The minimum Gasteiger partial charge on any atom is -0.335 e. The lowest BCUT2D eigenvalue weighted by atomic mass is 10.0. The molecule has 132 valence electrons. The van der Waals surface area contributed by atoms with Crippen LogP contribution in [-0.2, 0) is 6.42 Å². The molecule has 0 atom stereocenters. The summed E-state index contributed by atoms with van der Waals surface area (Å²) in [5, 5.41) is 0. The molecule has 0 saturated carbocycles. The van der Waals surface area contributed by atoms with Gasteiger partial charge in [0.05, 0.1) is 24.6 Å². The van der Waals surface area contributed by atoms with Crippen LogP contribution in [0.15, 0.2) is 60.7 Å². The smallest absolute Gasteiger partial charge is 0.0823 e. The first-order valence-corrected chi connectivity index (χ1v) is 9.93. The topological polar surface area (TPSA) is 7.68 Å². The summed E-state index contributed by atoms with van der Waals surface area (Å²) in [5.74, 6) is 0. The van der Waals surface area contributed by atoms with Crippen LogP contribution in [0.2, 0.25) is 0 Å². The van der Waals surface area contributed by atoms with E-state index in [1.165, 1.54) is 50.1 Å². The van der Waals surface area contributed by atoms with Crippen LogP contribution in [0.5, 0.6) is 0 Å². The molecule has 1 fully saturated rings. The van der Waals surface area contributed by atoms with E-state index in [1.807, 2.05) is 0 Å². The van der Waals surface area contributed by atoms with Crippen molar-refractivity contribution in [2.75, 3.05) is 24.5 Å². The summed E-state index contributed by atoms with van der Waals surface area (Å²) in [6.45, 7) is 5.89. The van der Waals surface area contributed by atoms with E-state index in [1.54, 1.807) is 4.90 Å². The van der Waals surface area contributed by atoms with E-state index in [0.29, 0.717) is 6.04 Å². The molecule has 2 aromatic carbocycles. The number of thiocarbonyl (C=S) groups is 1. The van der Waals surface area contributed by atoms with Crippen LogP contribution in [0.25, 0.3) is 0 Å². The number of rotatable bonds is 6. The van der Waals surface area contributed by atoms with Gasteiger partial charge in [0.2, 0.25) is 0 Å². The van der Waals surface area contributed by atoms with Gasteiger partial charge in [-0.1, -0.05) is 67.7 Å².